The Balaban J connectivity index is 0.00000364. The van der Waals surface area contributed by atoms with Crippen LogP contribution in [-0.4, -0.2) is 31.5 Å². The second-order valence-electron chi connectivity index (χ2n) is 6.91. The van der Waals surface area contributed by atoms with Crippen LogP contribution in [0.2, 0.25) is 0 Å². The lowest BCUT2D eigenvalue weighted by Crippen LogP contribution is -2.41. The van der Waals surface area contributed by atoms with E-state index in [-0.39, 0.29) is 35.7 Å². The lowest BCUT2D eigenvalue weighted by Gasteiger charge is -2.13. The van der Waals surface area contributed by atoms with Gasteiger partial charge in [0.2, 0.25) is 5.91 Å². The molecule has 152 valence electrons. The third-order valence-electron chi connectivity index (χ3n) is 4.67. The van der Waals surface area contributed by atoms with Crippen LogP contribution in [-0.2, 0) is 11.3 Å². The smallest absolute Gasteiger partial charge is 0.220 e. The number of nitrogens with one attached hydrogen (secondary N) is 3. The summed E-state index contributed by atoms with van der Waals surface area (Å²) in [5.74, 6) is 1.21. The Hall–Kier alpha value is -1.38. The van der Waals surface area contributed by atoms with Gasteiger partial charge < -0.3 is 16.0 Å². The molecule has 0 heterocycles. The van der Waals surface area contributed by atoms with Gasteiger partial charge in [0.15, 0.2) is 5.96 Å². The van der Waals surface area contributed by atoms with Crippen LogP contribution >= 0.6 is 24.0 Å². The first kappa shape index (κ1) is 23.7. The average molecular weight is 490 g/mol. The number of hydrogen-bond donors (Lipinski definition) is 3. The van der Waals surface area contributed by atoms with Crippen molar-refractivity contribution >= 4 is 35.8 Å². The van der Waals surface area contributed by atoms with Crippen LogP contribution in [0.15, 0.2) is 23.2 Å². The zero-order chi connectivity index (χ0) is 18.8. The Morgan fingerprint density at radius 2 is 1.89 bits per heavy atom. The summed E-state index contributed by atoms with van der Waals surface area (Å²) in [7, 11) is 0. The van der Waals surface area contributed by atoms with E-state index in [1.54, 1.807) is 13.0 Å². The fraction of sp³-hybridized carbons (Fsp3) is 0.600. The molecule has 0 aromatic heterocycles. The van der Waals surface area contributed by atoms with E-state index in [1.807, 2.05) is 13.0 Å². The van der Waals surface area contributed by atoms with E-state index in [0.717, 1.165) is 12.1 Å². The number of carbonyl (C=O) groups is 1. The topological polar surface area (TPSA) is 65.5 Å². The number of carbonyl (C=O) groups excluding carboxylic acids is 1. The van der Waals surface area contributed by atoms with Crippen molar-refractivity contribution in [2.45, 2.75) is 52.5 Å². The van der Waals surface area contributed by atoms with Crippen molar-refractivity contribution in [3.63, 3.8) is 0 Å². The van der Waals surface area contributed by atoms with Crippen molar-refractivity contribution in [3.05, 3.63) is 35.1 Å². The minimum absolute atomic E-state index is 0. The monoisotopic (exact) mass is 490 g/mol. The summed E-state index contributed by atoms with van der Waals surface area (Å²) in [5, 5.41) is 9.36. The molecule has 1 fully saturated rings. The molecule has 0 radical (unpaired) electrons. The van der Waals surface area contributed by atoms with Gasteiger partial charge in [0.05, 0.1) is 6.54 Å². The summed E-state index contributed by atoms with van der Waals surface area (Å²) in [6, 6.07) is 5.03. The summed E-state index contributed by atoms with van der Waals surface area (Å²) in [5.41, 5.74) is 1.59. The van der Waals surface area contributed by atoms with Gasteiger partial charge in [0.25, 0.3) is 0 Å². The predicted molar refractivity (Wildman–Crippen MR) is 119 cm³/mol. The largest absolute Gasteiger partial charge is 0.357 e. The molecule has 0 saturated heterocycles. The second kappa shape index (κ2) is 12.9. The Morgan fingerprint density at radius 1 is 1.19 bits per heavy atom. The Kier molecular flexibility index (Phi) is 11.3. The summed E-state index contributed by atoms with van der Waals surface area (Å²) < 4.78 is 13.3. The molecule has 0 spiro atoms. The quantitative estimate of drug-likeness (QED) is 0.226. The number of aryl methyl sites for hydroxylation is 1. The number of aliphatic imine (C=N–C) groups is 1. The maximum absolute atomic E-state index is 13.3. The fourth-order valence-electron chi connectivity index (χ4n) is 3.25. The number of guanidine groups is 1. The van der Waals surface area contributed by atoms with E-state index in [4.69, 9.17) is 0 Å². The fourth-order valence-corrected chi connectivity index (χ4v) is 3.25. The second-order valence-corrected chi connectivity index (χ2v) is 6.91. The molecule has 0 unspecified atom stereocenters. The zero-order valence-electron chi connectivity index (χ0n) is 16.3. The van der Waals surface area contributed by atoms with E-state index in [9.17, 15) is 9.18 Å². The first-order valence-corrected chi connectivity index (χ1v) is 9.62. The van der Waals surface area contributed by atoms with Crippen molar-refractivity contribution in [2.75, 3.05) is 19.6 Å². The molecule has 5 nitrogen and oxygen atoms in total. The van der Waals surface area contributed by atoms with Gasteiger partial charge >= 0.3 is 0 Å². The van der Waals surface area contributed by atoms with E-state index in [0.29, 0.717) is 43.5 Å². The number of nitrogens with zero attached hydrogens (tertiary/aromatic N) is 1. The van der Waals surface area contributed by atoms with Crippen molar-refractivity contribution in [1.29, 1.82) is 0 Å². The predicted octanol–water partition coefficient (Wildman–Crippen LogP) is 3.50. The highest BCUT2D eigenvalue weighted by Gasteiger charge is 2.17. The summed E-state index contributed by atoms with van der Waals surface area (Å²) in [6.07, 6.45) is 5.54. The molecule has 0 bridgehead atoms. The van der Waals surface area contributed by atoms with E-state index >= 15 is 0 Å². The summed E-state index contributed by atoms with van der Waals surface area (Å²) in [6.45, 7) is 6.17. The van der Waals surface area contributed by atoms with Crippen LogP contribution < -0.4 is 16.0 Å². The molecular weight excluding hydrogens is 458 g/mol. The highest BCUT2D eigenvalue weighted by atomic mass is 127. The van der Waals surface area contributed by atoms with Gasteiger partial charge in [-0.15, -0.1) is 24.0 Å². The third-order valence-corrected chi connectivity index (χ3v) is 4.67. The molecule has 1 aromatic rings. The molecule has 1 saturated carbocycles. The minimum atomic E-state index is -0.198. The first-order valence-electron chi connectivity index (χ1n) is 9.62. The molecule has 0 aliphatic heterocycles. The normalized spacial score (nSPS) is 14.6. The summed E-state index contributed by atoms with van der Waals surface area (Å²) >= 11 is 0. The number of rotatable bonds is 8. The van der Waals surface area contributed by atoms with Gasteiger partial charge in [0.1, 0.15) is 5.82 Å². The molecule has 1 amide bonds. The molecular formula is C20H32FIN4O. The van der Waals surface area contributed by atoms with Crippen molar-refractivity contribution in [1.82, 2.24) is 16.0 Å². The van der Waals surface area contributed by atoms with Gasteiger partial charge in [-0.05, 0) is 49.8 Å². The van der Waals surface area contributed by atoms with Crippen molar-refractivity contribution < 1.29 is 9.18 Å². The SMILES string of the molecule is CCNC(=NCc1ccc(F)c(C)c1)NCCNC(=O)CC1CCCC1.I. The van der Waals surface area contributed by atoms with E-state index in [2.05, 4.69) is 20.9 Å². The van der Waals surface area contributed by atoms with E-state index < -0.39 is 0 Å². The molecule has 7 heteroatoms. The lowest BCUT2D eigenvalue weighted by molar-refractivity contribution is -0.121. The number of amides is 1. The molecule has 2 rings (SSSR count). The van der Waals surface area contributed by atoms with Crippen LogP contribution in [0.4, 0.5) is 4.39 Å². The highest BCUT2D eigenvalue weighted by Crippen LogP contribution is 2.27. The standard InChI is InChI=1S/C20H31FN4O.HI/c1-3-22-20(25-14-17-8-9-18(21)15(2)12-17)24-11-10-23-19(26)13-16-6-4-5-7-16;/h8-9,12,16H,3-7,10-11,13-14H2,1-2H3,(H,23,26)(H2,22,24,25);1H. The molecule has 0 atom stereocenters. The molecule has 3 N–H and O–H groups in total. The Morgan fingerprint density at radius 3 is 2.56 bits per heavy atom. The molecule has 1 aliphatic rings. The van der Waals surface area contributed by atoms with Crippen LogP contribution in [0, 0.1) is 18.7 Å². The van der Waals surface area contributed by atoms with Crippen LogP contribution in [0.25, 0.3) is 0 Å². The zero-order valence-corrected chi connectivity index (χ0v) is 18.6. The van der Waals surface area contributed by atoms with Gasteiger partial charge in [-0.2, -0.15) is 0 Å². The minimum Gasteiger partial charge on any atom is -0.357 e. The number of halogens is 2. The van der Waals surface area contributed by atoms with Gasteiger partial charge in [0, 0.05) is 26.1 Å². The lowest BCUT2D eigenvalue weighted by atomic mass is 10.0. The summed E-state index contributed by atoms with van der Waals surface area (Å²) in [4.78, 5) is 16.4. The Bertz CT molecular complexity index is 618. The third kappa shape index (κ3) is 8.90. The van der Waals surface area contributed by atoms with Crippen LogP contribution in [0.1, 0.15) is 50.2 Å². The van der Waals surface area contributed by atoms with Crippen LogP contribution in [0.5, 0.6) is 0 Å². The van der Waals surface area contributed by atoms with Gasteiger partial charge in [-0.1, -0.05) is 25.0 Å². The highest BCUT2D eigenvalue weighted by molar-refractivity contribution is 14.0. The van der Waals surface area contributed by atoms with Gasteiger partial charge in [-0.3, -0.25) is 4.79 Å². The maximum Gasteiger partial charge on any atom is 0.220 e. The maximum atomic E-state index is 13.3. The van der Waals surface area contributed by atoms with Gasteiger partial charge in [-0.25, -0.2) is 9.38 Å². The molecule has 27 heavy (non-hydrogen) atoms. The number of hydrogen-bond acceptors (Lipinski definition) is 2. The molecule has 1 aliphatic carbocycles. The van der Waals surface area contributed by atoms with Crippen LogP contribution in [0.3, 0.4) is 0 Å². The molecule has 1 aromatic carbocycles. The average Bonchev–Trinajstić information content (AvgIpc) is 3.12. The van der Waals surface area contributed by atoms with Crippen molar-refractivity contribution in [3.8, 4) is 0 Å². The van der Waals surface area contributed by atoms with Crippen molar-refractivity contribution in [2.24, 2.45) is 10.9 Å². The first-order chi connectivity index (χ1) is 12.6. The van der Waals surface area contributed by atoms with E-state index in [1.165, 1.54) is 31.7 Å². The Labute approximate surface area is 179 Å². The number of benzene rings is 1.